The highest BCUT2D eigenvalue weighted by Gasteiger charge is 2.69. The molecule has 6 atom stereocenters. The predicted octanol–water partition coefficient (Wildman–Crippen LogP) is -0.429. The van der Waals surface area contributed by atoms with Gasteiger partial charge in [-0.2, -0.15) is 4.72 Å². The van der Waals surface area contributed by atoms with E-state index < -0.39 is 80.1 Å². The summed E-state index contributed by atoms with van der Waals surface area (Å²) in [5, 5.41) is 23.1. The van der Waals surface area contributed by atoms with Crippen LogP contribution in [-0.2, 0) is 35.6 Å². The molecule has 2 fully saturated rings. The molecule has 0 heterocycles. The first-order chi connectivity index (χ1) is 21.9. The fraction of sp³-hybridized carbons (Fsp3) is 0.424. The number of anilines is 1. The van der Waals surface area contributed by atoms with Gasteiger partial charge in [-0.3, -0.25) is 28.9 Å². The molecule has 0 spiro atoms. The fourth-order valence-electron chi connectivity index (χ4n) is 7.22. The van der Waals surface area contributed by atoms with Crippen molar-refractivity contribution in [2.45, 2.75) is 36.3 Å². The topological polar surface area (TPSA) is 204 Å². The second kappa shape index (κ2) is 12.0. The van der Waals surface area contributed by atoms with E-state index >= 15 is 0 Å². The molecule has 0 aliphatic heterocycles. The van der Waals surface area contributed by atoms with E-state index in [9.17, 15) is 42.6 Å². The third-order valence-corrected chi connectivity index (χ3v) is 10.8. The summed E-state index contributed by atoms with van der Waals surface area (Å²) in [5.41, 5.74) is 4.16. The minimum Gasteiger partial charge on any atom is -0.506 e. The summed E-state index contributed by atoms with van der Waals surface area (Å²) in [7, 11) is 2.60. The minimum atomic E-state index is -3.87. The number of ketones is 4. The number of aromatic hydroxyl groups is 1. The van der Waals surface area contributed by atoms with Crippen LogP contribution in [0.3, 0.4) is 0 Å². The monoisotopic (exact) mass is 664 g/mol. The van der Waals surface area contributed by atoms with Crippen molar-refractivity contribution < 1.29 is 42.6 Å². The lowest BCUT2D eigenvalue weighted by Gasteiger charge is -2.52. The SMILES string of the molecule is Cc1ccc(S(=O)(=O)NCC#Cc2cc(N(C)C)c3c(c2O)C(=O)C2C(=O)[C@]4(O)C(=O)C(C(N)=O)C(=O)[C@@H](N(C)C)[C@@H]4C[C@@H]2C3)cc1. The molecule has 2 unspecified atom stereocenters. The Morgan fingerprint density at radius 1 is 1.09 bits per heavy atom. The molecule has 1 amide bonds. The zero-order chi connectivity index (χ0) is 34.7. The fourth-order valence-corrected chi connectivity index (χ4v) is 8.14. The number of hydrogen-bond donors (Lipinski definition) is 4. The number of sulfonamides is 1. The molecule has 2 saturated carbocycles. The molecule has 2 aromatic rings. The molecule has 3 aliphatic rings. The van der Waals surface area contributed by atoms with Gasteiger partial charge in [-0.1, -0.05) is 29.5 Å². The van der Waals surface area contributed by atoms with Crippen LogP contribution in [0, 0.1) is 42.4 Å². The van der Waals surface area contributed by atoms with Crippen molar-refractivity contribution in [1.29, 1.82) is 0 Å². The van der Waals surface area contributed by atoms with E-state index in [-0.39, 0.29) is 35.4 Å². The van der Waals surface area contributed by atoms with Gasteiger partial charge in [0, 0.05) is 25.7 Å². The van der Waals surface area contributed by atoms with Gasteiger partial charge >= 0.3 is 0 Å². The molecule has 3 aliphatic carbocycles. The van der Waals surface area contributed by atoms with Crippen LogP contribution >= 0.6 is 0 Å². The first-order valence-electron chi connectivity index (χ1n) is 14.9. The first-order valence-corrected chi connectivity index (χ1v) is 16.4. The molecule has 248 valence electrons. The van der Waals surface area contributed by atoms with Gasteiger partial charge in [0.2, 0.25) is 15.9 Å². The average Bonchev–Trinajstić information content (AvgIpc) is 2.97. The smallest absolute Gasteiger partial charge is 0.241 e. The van der Waals surface area contributed by atoms with E-state index in [1.165, 1.54) is 31.1 Å². The van der Waals surface area contributed by atoms with Crippen molar-refractivity contribution in [2.24, 2.45) is 29.4 Å². The van der Waals surface area contributed by atoms with Gasteiger partial charge in [-0.25, -0.2) is 8.42 Å². The van der Waals surface area contributed by atoms with Crippen molar-refractivity contribution in [3.63, 3.8) is 0 Å². The Morgan fingerprint density at radius 2 is 1.72 bits per heavy atom. The maximum Gasteiger partial charge on any atom is 0.241 e. The number of nitrogens with one attached hydrogen (secondary N) is 1. The molecule has 0 radical (unpaired) electrons. The number of carbonyl (C=O) groups is 5. The van der Waals surface area contributed by atoms with Crippen molar-refractivity contribution in [2.75, 3.05) is 39.6 Å². The van der Waals surface area contributed by atoms with Crippen LogP contribution in [0.1, 0.15) is 33.5 Å². The number of fused-ring (bicyclic) bond motifs is 3. The lowest BCUT2D eigenvalue weighted by atomic mass is 9.52. The molecule has 47 heavy (non-hydrogen) atoms. The van der Waals surface area contributed by atoms with E-state index in [0.29, 0.717) is 11.3 Å². The summed E-state index contributed by atoms with van der Waals surface area (Å²) in [6.07, 6.45) is 0.0250. The molecule has 13 nitrogen and oxygen atoms in total. The molecule has 5 rings (SSSR count). The van der Waals surface area contributed by atoms with Crippen LogP contribution in [0.2, 0.25) is 0 Å². The predicted molar refractivity (Wildman–Crippen MR) is 169 cm³/mol. The highest BCUT2D eigenvalue weighted by molar-refractivity contribution is 7.89. The number of nitrogens with zero attached hydrogens (tertiary/aromatic N) is 2. The summed E-state index contributed by atoms with van der Waals surface area (Å²) < 4.78 is 27.7. The van der Waals surface area contributed by atoms with Gasteiger partial charge in [0.15, 0.2) is 34.7 Å². The van der Waals surface area contributed by atoms with E-state index in [0.717, 1.165) is 5.56 Å². The van der Waals surface area contributed by atoms with Crippen molar-refractivity contribution in [3.8, 4) is 17.6 Å². The van der Waals surface area contributed by atoms with Crippen molar-refractivity contribution >= 4 is 44.8 Å². The number of amides is 1. The van der Waals surface area contributed by atoms with Gasteiger partial charge in [0.1, 0.15) is 5.75 Å². The number of hydrogen-bond acceptors (Lipinski definition) is 11. The summed E-state index contributed by atoms with van der Waals surface area (Å²) in [6.45, 7) is 1.51. The van der Waals surface area contributed by atoms with E-state index in [2.05, 4.69) is 16.6 Å². The summed E-state index contributed by atoms with van der Waals surface area (Å²) in [4.78, 5) is 70.4. The molecule has 0 aromatic heterocycles. The van der Waals surface area contributed by atoms with E-state index in [1.807, 2.05) is 6.92 Å². The van der Waals surface area contributed by atoms with Gasteiger partial charge in [0.25, 0.3) is 0 Å². The van der Waals surface area contributed by atoms with Crippen molar-refractivity contribution in [3.05, 3.63) is 52.6 Å². The third kappa shape index (κ3) is 5.42. The molecule has 0 saturated heterocycles. The highest BCUT2D eigenvalue weighted by Crippen LogP contribution is 2.52. The molecule has 14 heteroatoms. The summed E-state index contributed by atoms with van der Waals surface area (Å²) >= 11 is 0. The number of aryl methyl sites for hydroxylation is 1. The van der Waals surface area contributed by atoms with Gasteiger partial charge in [-0.05, 0) is 63.5 Å². The Kier molecular flexibility index (Phi) is 8.65. The Morgan fingerprint density at radius 3 is 2.30 bits per heavy atom. The van der Waals surface area contributed by atoms with Crippen LogP contribution in [0.4, 0.5) is 5.69 Å². The van der Waals surface area contributed by atoms with Crippen LogP contribution in [0.15, 0.2) is 35.2 Å². The number of nitrogens with two attached hydrogens (primary N) is 1. The molecular formula is C33H36N4O9S. The normalized spacial score (nSPS) is 27.0. The maximum atomic E-state index is 14.1. The Balaban J connectivity index is 1.53. The Hall–Kier alpha value is -4.42. The van der Waals surface area contributed by atoms with Crippen molar-refractivity contribution in [1.82, 2.24) is 9.62 Å². The third-order valence-electron chi connectivity index (χ3n) is 9.42. The zero-order valence-corrected chi connectivity index (χ0v) is 27.3. The second-order valence-corrected chi connectivity index (χ2v) is 14.5. The van der Waals surface area contributed by atoms with E-state index in [4.69, 9.17) is 5.73 Å². The van der Waals surface area contributed by atoms with Gasteiger partial charge < -0.3 is 20.8 Å². The standard InChI is InChI=1S/C33H36N4O9S/c1-16-8-10-19(11-9-16)47(45,46)35-12-6-7-17-15-22(36(2)3)20-13-18-14-21-26(37(4)5)29(40)25(32(34)43)31(42)33(21,44)30(41)23(18)28(39)24(20)27(17)38/h8-11,15,18,21,23,25-26,35,38,44H,12-14H2,1-5H3,(H2,34,43)/t18-,21-,23?,25?,26-,33-/m0/s1. The lowest BCUT2D eigenvalue weighted by Crippen LogP contribution is -2.74. The maximum absolute atomic E-state index is 14.1. The number of phenols is 1. The van der Waals surface area contributed by atoms with Gasteiger partial charge in [0.05, 0.1) is 34.5 Å². The molecule has 5 N–H and O–H groups in total. The van der Waals surface area contributed by atoms with Crippen LogP contribution in [0.5, 0.6) is 5.75 Å². The Bertz CT molecular complexity index is 1890. The number of likely N-dealkylation sites (N-methyl/N-ethyl adjacent to an activating group) is 1. The second-order valence-electron chi connectivity index (χ2n) is 12.8. The first kappa shape index (κ1) is 33.9. The number of carbonyl (C=O) groups excluding carboxylic acids is 5. The van der Waals surface area contributed by atoms with Crippen LogP contribution in [-0.4, -0.2) is 98.9 Å². The number of primary amides is 1. The molecule has 2 aromatic carbocycles. The number of benzene rings is 2. The number of rotatable bonds is 6. The summed E-state index contributed by atoms with van der Waals surface area (Å²) in [5.74, 6) is -6.18. The molecular weight excluding hydrogens is 628 g/mol. The highest BCUT2D eigenvalue weighted by atomic mass is 32.2. The lowest BCUT2D eigenvalue weighted by molar-refractivity contribution is -0.181. The zero-order valence-electron chi connectivity index (χ0n) is 26.5. The largest absolute Gasteiger partial charge is 0.506 e. The quantitative estimate of drug-likeness (QED) is 0.230. The number of aliphatic hydroxyl groups is 1. The number of phenolic OH excluding ortho intramolecular Hbond substituents is 1. The number of Topliss-reactive ketones (excluding diaryl/α,β-unsaturated/α-hetero) is 4. The minimum absolute atomic E-state index is 0.00515. The van der Waals surface area contributed by atoms with Crippen LogP contribution in [0.25, 0.3) is 0 Å². The van der Waals surface area contributed by atoms with E-state index in [1.54, 1.807) is 37.2 Å². The van der Waals surface area contributed by atoms with Gasteiger partial charge in [-0.15, -0.1) is 0 Å². The Labute approximate surface area is 272 Å². The molecule has 0 bridgehead atoms. The van der Waals surface area contributed by atoms with Crippen LogP contribution < -0.4 is 15.4 Å². The average molecular weight is 665 g/mol. The summed E-state index contributed by atoms with van der Waals surface area (Å²) in [6, 6.07) is 6.60.